The average molecular weight is 257 g/mol. The third-order valence-electron chi connectivity index (χ3n) is 3.41. The number of hydrogen-bond donors (Lipinski definition) is 3. The lowest BCUT2D eigenvalue weighted by atomic mass is 10.1. The molecule has 0 spiro atoms. The van der Waals surface area contributed by atoms with Crippen LogP contribution in [0.25, 0.3) is 0 Å². The van der Waals surface area contributed by atoms with Gasteiger partial charge in [-0.15, -0.1) is 0 Å². The van der Waals surface area contributed by atoms with Gasteiger partial charge in [0.25, 0.3) is 0 Å². The van der Waals surface area contributed by atoms with Crippen LogP contribution in [0.1, 0.15) is 77.6 Å². The summed E-state index contributed by atoms with van der Waals surface area (Å²) in [4.78, 5) is 0. The maximum absolute atomic E-state index is 5.96. The van der Waals surface area contributed by atoms with Crippen LogP contribution in [-0.2, 0) is 0 Å². The van der Waals surface area contributed by atoms with E-state index in [1.165, 1.54) is 57.8 Å². The standard InChI is InChI=1S/C15H35N3/c1-2-3-4-5-6-7-8-9-10-12-15(17)18-14-11-13-16/h15,18H,2-14,16-17H2,1H3. The van der Waals surface area contributed by atoms with Crippen molar-refractivity contribution in [3.63, 3.8) is 0 Å². The molecular weight excluding hydrogens is 222 g/mol. The predicted molar refractivity (Wildman–Crippen MR) is 81.5 cm³/mol. The zero-order valence-corrected chi connectivity index (χ0v) is 12.4. The van der Waals surface area contributed by atoms with Crippen LogP contribution in [0.3, 0.4) is 0 Å². The molecule has 110 valence electrons. The van der Waals surface area contributed by atoms with Gasteiger partial charge >= 0.3 is 0 Å². The number of rotatable bonds is 14. The van der Waals surface area contributed by atoms with Crippen LogP contribution in [0.15, 0.2) is 0 Å². The van der Waals surface area contributed by atoms with Gasteiger partial charge in [0.15, 0.2) is 0 Å². The normalized spacial score (nSPS) is 12.8. The van der Waals surface area contributed by atoms with Gasteiger partial charge in [0.05, 0.1) is 6.17 Å². The molecular formula is C15H35N3. The molecule has 1 unspecified atom stereocenters. The van der Waals surface area contributed by atoms with Crippen molar-refractivity contribution in [1.29, 1.82) is 0 Å². The third kappa shape index (κ3) is 13.9. The summed E-state index contributed by atoms with van der Waals surface area (Å²) in [5.41, 5.74) is 11.4. The molecule has 0 aromatic carbocycles. The van der Waals surface area contributed by atoms with Crippen molar-refractivity contribution in [2.24, 2.45) is 11.5 Å². The molecule has 0 fully saturated rings. The molecule has 0 bridgehead atoms. The zero-order chi connectivity index (χ0) is 13.5. The fourth-order valence-corrected chi connectivity index (χ4v) is 2.17. The minimum absolute atomic E-state index is 0.168. The summed E-state index contributed by atoms with van der Waals surface area (Å²) >= 11 is 0. The molecule has 0 amide bonds. The van der Waals surface area contributed by atoms with Crippen LogP contribution in [0.4, 0.5) is 0 Å². The van der Waals surface area contributed by atoms with E-state index >= 15 is 0 Å². The van der Waals surface area contributed by atoms with Gasteiger partial charge in [0, 0.05) is 0 Å². The monoisotopic (exact) mass is 257 g/mol. The highest BCUT2D eigenvalue weighted by molar-refractivity contribution is 4.59. The highest BCUT2D eigenvalue weighted by Crippen LogP contribution is 2.10. The van der Waals surface area contributed by atoms with Crippen LogP contribution in [0, 0.1) is 0 Å². The highest BCUT2D eigenvalue weighted by atomic mass is 15.0. The quantitative estimate of drug-likeness (QED) is 0.331. The Balaban J connectivity index is 3.05. The minimum Gasteiger partial charge on any atom is -0.330 e. The molecule has 0 aliphatic heterocycles. The number of nitrogens with two attached hydrogens (primary N) is 2. The van der Waals surface area contributed by atoms with E-state index in [-0.39, 0.29) is 6.17 Å². The summed E-state index contributed by atoms with van der Waals surface area (Å²) in [5, 5.41) is 3.31. The first kappa shape index (κ1) is 17.9. The van der Waals surface area contributed by atoms with Gasteiger partial charge < -0.3 is 16.8 Å². The predicted octanol–water partition coefficient (Wildman–Crippen LogP) is 3.13. The Labute approximate surface area is 114 Å². The van der Waals surface area contributed by atoms with E-state index < -0.39 is 0 Å². The second kappa shape index (κ2) is 14.9. The van der Waals surface area contributed by atoms with Gasteiger partial charge in [-0.1, -0.05) is 64.7 Å². The van der Waals surface area contributed by atoms with Crippen LogP contribution in [-0.4, -0.2) is 19.3 Å². The van der Waals surface area contributed by atoms with Crippen molar-refractivity contribution >= 4 is 0 Å². The molecule has 0 heterocycles. The largest absolute Gasteiger partial charge is 0.330 e. The topological polar surface area (TPSA) is 64.1 Å². The first-order valence-electron chi connectivity index (χ1n) is 8.00. The summed E-state index contributed by atoms with van der Waals surface area (Å²) < 4.78 is 0. The van der Waals surface area contributed by atoms with E-state index in [0.717, 1.165) is 25.9 Å². The molecule has 0 aromatic rings. The lowest BCUT2D eigenvalue weighted by molar-refractivity contribution is 0.459. The van der Waals surface area contributed by atoms with Gasteiger partial charge in [0.1, 0.15) is 0 Å². The number of hydrogen-bond acceptors (Lipinski definition) is 3. The molecule has 0 saturated heterocycles. The van der Waals surface area contributed by atoms with Crippen molar-refractivity contribution in [2.45, 2.75) is 83.7 Å². The molecule has 3 nitrogen and oxygen atoms in total. The lowest BCUT2D eigenvalue weighted by Crippen LogP contribution is -2.38. The molecule has 18 heavy (non-hydrogen) atoms. The van der Waals surface area contributed by atoms with Crippen molar-refractivity contribution in [1.82, 2.24) is 5.32 Å². The smallest absolute Gasteiger partial charge is 0.0546 e. The Morgan fingerprint density at radius 2 is 1.39 bits per heavy atom. The van der Waals surface area contributed by atoms with Crippen molar-refractivity contribution in [2.75, 3.05) is 13.1 Å². The Hall–Kier alpha value is -0.120. The van der Waals surface area contributed by atoms with Gasteiger partial charge in [-0.05, 0) is 25.9 Å². The van der Waals surface area contributed by atoms with E-state index in [1.807, 2.05) is 0 Å². The Morgan fingerprint density at radius 1 is 0.833 bits per heavy atom. The second-order valence-electron chi connectivity index (χ2n) is 5.32. The molecule has 3 heteroatoms. The van der Waals surface area contributed by atoms with Crippen LogP contribution >= 0.6 is 0 Å². The third-order valence-corrected chi connectivity index (χ3v) is 3.41. The number of nitrogens with one attached hydrogen (secondary N) is 1. The molecule has 0 aliphatic carbocycles. The van der Waals surface area contributed by atoms with E-state index in [4.69, 9.17) is 11.5 Å². The zero-order valence-electron chi connectivity index (χ0n) is 12.4. The van der Waals surface area contributed by atoms with Crippen LogP contribution in [0.2, 0.25) is 0 Å². The average Bonchev–Trinajstić information content (AvgIpc) is 2.37. The fourth-order valence-electron chi connectivity index (χ4n) is 2.17. The fraction of sp³-hybridized carbons (Fsp3) is 1.00. The summed E-state index contributed by atoms with van der Waals surface area (Å²) in [6.07, 6.45) is 14.7. The van der Waals surface area contributed by atoms with Gasteiger partial charge in [-0.3, -0.25) is 0 Å². The van der Waals surface area contributed by atoms with E-state index in [2.05, 4.69) is 12.2 Å². The molecule has 1 atom stereocenters. The maximum Gasteiger partial charge on any atom is 0.0546 e. The van der Waals surface area contributed by atoms with Gasteiger partial charge in [0.2, 0.25) is 0 Å². The van der Waals surface area contributed by atoms with Gasteiger partial charge in [-0.25, -0.2) is 0 Å². The van der Waals surface area contributed by atoms with E-state index in [1.54, 1.807) is 0 Å². The molecule has 5 N–H and O–H groups in total. The molecule has 0 aromatic heterocycles. The van der Waals surface area contributed by atoms with Gasteiger partial charge in [-0.2, -0.15) is 0 Å². The summed E-state index contributed by atoms with van der Waals surface area (Å²) in [6, 6.07) is 0. The Morgan fingerprint density at radius 3 is 1.94 bits per heavy atom. The SMILES string of the molecule is CCCCCCCCCCCC(N)NCCCN. The minimum atomic E-state index is 0.168. The van der Waals surface area contributed by atoms with Crippen molar-refractivity contribution in [3.8, 4) is 0 Å². The van der Waals surface area contributed by atoms with Crippen molar-refractivity contribution < 1.29 is 0 Å². The number of unbranched alkanes of at least 4 members (excludes halogenated alkanes) is 8. The Bertz CT molecular complexity index is 151. The first-order valence-corrected chi connectivity index (χ1v) is 8.00. The molecule has 0 rings (SSSR count). The van der Waals surface area contributed by atoms with Crippen LogP contribution < -0.4 is 16.8 Å². The summed E-state index contributed by atoms with van der Waals surface area (Å²) in [6.45, 7) is 3.97. The molecule has 0 aliphatic rings. The van der Waals surface area contributed by atoms with Crippen LogP contribution in [0.5, 0.6) is 0 Å². The summed E-state index contributed by atoms with van der Waals surface area (Å²) in [5.74, 6) is 0. The van der Waals surface area contributed by atoms with E-state index in [0.29, 0.717) is 0 Å². The molecule has 0 saturated carbocycles. The van der Waals surface area contributed by atoms with E-state index in [9.17, 15) is 0 Å². The highest BCUT2D eigenvalue weighted by Gasteiger charge is 2.00. The Kier molecular flexibility index (Phi) is 14.8. The first-order chi connectivity index (χ1) is 8.81. The second-order valence-corrected chi connectivity index (χ2v) is 5.32. The maximum atomic E-state index is 5.96. The van der Waals surface area contributed by atoms with Crippen molar-refractivity contribution in [3.05, 3.63) is 0 Å². The summed E-state index contributed by atoms with van der Waals surface area (Å²) in [7, 11) is 0. The lowest BCUT2D eigenvalue weighted by Gasteiger charge is -2.13. The molecule has 0 radical (unpaired) electrons.